The van der Waals surface area contributed by atoms with Crippen molar-refractivity contribution in [2.45, 2.75) is 319 Å². The number of carbonyl (C=O) groups is 19. The lowest BCUT2D eigenvalue weighted by Gasteiger charge is -2.33. The molecular weight excluding hydrogens is 1860 g/mol. The summed E-state index contributed by atoms with van der Waals surface area (Å²) in [6.07, 6.45) is 2.27. The van der Waals surface area contributed by atoms with Crippen molar-refractivity contribution in [3.8, 4) is 0 Å². The second kappa shape index (κ2) is 57.9. The maximum atomic E-state index is 15.7. The highest BCUT2D eigenvalue weighted by molar-refractivity contribution is 8.76. The number of amides is 18. The van der Waals surface area contributed by atoms with E-state index in [1.807, 2.05) is 13.8 Å². The molecule has 5 fully saturated rings. The Morgan fingerprint density at radius 3 is 1.70 bits per heavy atom. The Labute approximate surface area is 823 Å². The van der Waals surface area contributed by atoms with Crippen LogP contribution < -0.4 is 91.6 Å². The third kappa shape index (κ3) is 36.0. The van der Waals surface area contributed by atoms with Gasteiger partial charge in [-0.25, -0.2) is 0 Å². The lowest BCUT2D eigenvalue weighted by molar-refractivity contribution is -0.148. The fourth-order valence-electron chi connectivity index (χ4n) is 17.4. The van der Waals surface area contributed by atoms with E-state index in [2.05, 4.69) is 74.4 Å². The van der Waals surface area contributed by atoms with E-state index in [9.17, 15) is 67.7 Å². The van der Waals surface area contributed by atoms with Gasteiger partial charge in [0.2, 0.25) is 106 Å². The van der Waals surface area contributed by atoms with Crippen LogP contribution in [0.15, 0.2) is 54.6 Å². The Kier molecular flexibility index (Phi) is 47.7. The first-order valence-electron chi connectivity index (χ1n) is 48.3. The normalized spacial score (nSPS) is 24.2. The molecule has 0 bridgehead atoms. The van der Waals surface area contributed by atoms with Crippen molar-refractivity contribution in [1.82, 2.24) is 94.0 Å². The smallest absolute Gasteiger partial charge is 0.303 e. The Bertz CT molecular complexity index is 4600. The third-order valence-corrected chi connectivity index (χ3v) is 27.6. The molecule has 43 nitrogen and oxygen atoms in total. The second-order valence-corrected chi connectivity index (χ2v) is 39.8. The average molecular weight is 2000 g/mol. The summed E-state index contributed by atoms with van der Waals surface area (Å²) in [6, 6.07) is -9.44. The summed E-state index contributed by atoms with van der Waals surface area (Å²) in [5.41, 5.74) is 18.1. The van der Waals surface area contributed by atoms with Gasteiger partial charge in [-0.15, -0.1) is 0 Å². The number of benzene rings is 2. The molecule has 5 heterocycles. The number of carboxylic acid groups (broad SMARTS) is 1. The topological polar surface area (TPSA) is 648 Å². The molecular formula is C93H143ClN22O21S2. The number of carbonyl (C=O) groups excluding carboxylic acids is 18. The van der Waals surface area contributed by atoms with Gasteiger partial charge in [0.1, 0.15) is 103 Å². The molecule has 17 atom stereocenters. The van der Waals surface area contributed by atoms with Crippen LogP contribution in [0.2, 0.25) is 5.02 Å². The van der Waals surface area contributed by atoms with Crippen LogP contribution >= 0.6 is 33.2 Å². The van der Waals surface area contributed by atoms with Crippen molar-refractivity contribution in [2.75, 3.05) is 57.4 Å². The molecule has 0 saturated carbocycles. The largest absolute Gasteiger partial charge is 0.481 e. The molecule has 0 radical (unpaired) electrons. The van der Waals surface area contributed by atoms with Crippen LogP contribution in [0.3, 0.4) is 0 Å². The number of nitrogens with two attached hydrogens (primary N) is 3. The fraction of sp³-hybridized carbons (Fsp3) is 0.656. The highest BCUT2D eigenvalue weighted by atomic mass is 35.5. The Hall–Kier alpha value is -11.5. The van der Waals surface area contributed by atoms with Crippen LogP contribution in [-0.4, -0.2) is 308 Å². The van der Waals surface area contributed by atoms with E-state index in [0.29, 0.717) is 62.5 Å². The van der Waals surface area contributed by atoms with Gasteiger partial charge in [-0.2, -0.15) is 0 Å². The zero-order valence-corrected chi connectivity index (χ0v) is 83.0. The number of hydrogen-bond acceptors (Lipinski definition) is 24. The summed E-state index contributed by atoms with van der Waals surface area (Å²) in [7, 11) is 1.94. The minimum atomic E-state index is -1.83. The molecule has 5 aliphatic rings. The number of nitrogens with one attached hydrogen (secondary N) is 15. The van der Waals surface area contributed by atoms with Crippen molar-refractivity contribution in [1.29, 1.82) is 5.41 Å². The summed E-state index contributed by atoms with van der Waals surface area (Å²) >= 11 is 6.54. The molecule has 7 rings (SSSR count). The van der Waals surface area contributed by atoms with Crippen molar-refractivity contribution in [3.63, 3.8) is 0 Å². The molecule has 18 amide bonds. The van der Waals surface area contributed by atoms with E-state index in [1.54, 1.807) is 82.3 Å². The molecule has 5 aliphatic heterocycles. The van der Waals surface area contributed by atoms with E-state index in [4.69, 9.17) is 34.2 Å². The number of likely N-dealkylation sites (tertiary alicyclic amines) is 3. The van der Waals surface area contributed by atoms with Crippen LogP contribution in [0.4, 0.5) is 0 Å². The standard InChI is InChI=1S/C93H143ClN22O21S2/c1-9-11-28-60-79(124)106-63(29-12-10-2)89(134)113-41-20-32-70(113)86(131)100-54(7)77(122)111-68(50-117)84(129)109-66(48-56-24-14-13-15-25-56)83(128)112-69(85(130)107-64(30-16-17-39-95)90(135)116-44-23-35-73(116)91(136)114-42-21-33-71(114)87(132)102-59(76(96)121)36-37-74(119)120)51-139-138-45-38-62(80(125)108-65(46-52(3)4)81(126)104-61(78(123)103-60)31-19-40-99-93(97)98)105-82(127)67(49-57-26-18-27-58(94)47-57)110-88(133)72-34-22-43-115(72)92(137)75(53(5)6)101-55(8)118/h13-15,18,24-27,47,52-54,59-73,75,117H,9-12,16-17,19-23,28-46,48-51,95H2,1-8H3,(H2,96,121)(H,100,131)(H,101,118)(H,102,132)(H,103,123)(H,104,126)(H,105,127)(H,106,124)(H,107,130)(H,108,125)(H,109,129)(H,110,133)(H,111,122)(H,112,128)(H,119,120)(H4,97,98,99)/t54?,59-,60-,61-,62?,63-,64?,65-,66-,67-,68-,69-,70-,71-,72-,73-,75-/m0/s1. The fourth-order valence-corrected chi connectivity index (χ4v) is 19.9. The van der Waals surface area contributed by atoms with Crippen molar-refractivity contribution >= 4 is 151 Å². The molecule has 770 valence electrons. The van der Waals surface area contributed by atoms with Gasteiger partial charge >= 0.3 is 5.97 Å². The predicted molar refractivity (Wildman–Crippen MR) is 519 cm³/mol. The number of carboxylic acids is 1. The Morgan fingerprint density at radius 2 is 1.10 bits per heavy atom. The molecule has 139 heavy (non-hydrogen) atoms. The van der Waals surface area contributed by atoms with Crippen LogP contribution in [0.25, 0.3) is 0 Å². The summed E-state index contributed by atoms with van der Waals surface area (Å²) in [5.74, 6) is -18.1. The number of fused-ring (bicyclic) bond motifs is 1. The molecule has 0 aliphatic carbocycles. The number of aliphatic hydroxyl groups is 1. The first-order chi connectivity index (χ1) is 66.2. The number of guanidine groups is 1. The monoisotopic (exact) mass is 2000 g/mol. The quantitative estimate of drug-likeness (QED) is 0.0166. The van der Waals surface area contributed by atoms with E-state index in [-0.39, 0.29) is 153 Å². The average Bonchev–Trinajstić information content (AvgIpc) is 1.66. The van der Waals surface area contributed by atoms with Gasteiger partial charge in [-0.1, -0.05) is 143 Å². The van der Waals surface area contributed by atoms with Crippen LogP contribution in [0.5, 0.6) is 0 Å². The summed E-state index contributed by atoms with van der Waals surface area (Å²) < 4.78 is 0. The van der Waals surface area contributed by atoms with Crippen molar-refractivity contribution < 1.29 is 101 Å². The predicted octanol–water partition coefficient (Wildman–Crippen LogP) is -0.966. The third-order valence-electron chi connectivity index (χ3n) is 24.9. The molecule has 23 N–H and O–H groups in total. The van der Waals surface area contributed by atoms with Crippen molar-refractivity contribution in [2.24, 2.45) is 29.0 Å². The number of primary amides is 1. The molecule has 0 aromatic heterocycles. The number of nitrogens with zero attached hydrogens (tertiary/aromatic N) is 4. The lowest BCUT2D eigenvalue weighted by Crippen LogP contribution is -2.61. The number of aliphatic hydroxyl groups excluding tert-OH is 1. The highest BCUT2D eigenvalue weighted by Crippen LogP contribution is 2.30. The van der Waals surface area contributed by atoms with Crippen molar-refractivity contribution in [3.05, 3.63) is 70.7 Å². The van der Waals surface area contributed by atoms with Gasteiger partial charge in [-0.05, 0) is 164 Å². The number of rotatable bonds is 38. The van der Waals surface area contributed by atoms with Crippen LogP contribution in [-0.2, 0) is 104 Å². The zero-order valence-electron chi connectivity index (χ0n) is 80.6. The van der Waals surface area contributed by atoms with Gasteiger partial charge in [0, 0.05) is 75.4 Å². The second-order valence-electron chi connectivity index (χ2n) is 36.7. The van der Waals surface area contributed by atoms with E-state index < -0.39 is 252 Å². The molecule has 0 spiro atoms. The highest BCUT2D eigenvalue weighted by Gasteiger charge is 2.47. The summed E-state index contributed by atoms with van der Waals surface area (Å²) in [6.45, 7) is 12.5. The maximum Gasteiger partial charge on any atom is 0.303 e. The van der Waals surface area contributed by atoms with Gasteiger partial charge in [0.25, 0.3) is 0 Å². The first-order valence-corrected chi connectivity index (χ1v) is 51.1. The van der Waals surface area contributed by atoms with Crippen LogP contribution in [0, 0.1) is 17.2 Å². The Balaban J connectivity index is 1.34. The number of aliphatic carboxylic acids is 1. The maximum absolute atomic E-state index is 15.7. The number of halogens is 1. The minimum Gasteiger partial charge on any atom is -0.481 e. The molecule has 5 saturated heterocycles. The van der Waals surface area contributed by atoms with Gasteiger partial charge < -0.3 is 121 Å². The van der Waals surface area contributed by atoms with Gasteiger partial charge in [0.15, 0.2) is 5.96 Å². The summed E-state index contributed by atoms with van der Waals surface area (Å²) in [5, 5.41) is 66.4. The molecule has 46 heteroatoms. The van der Waals surface area contributed by atoms with Gasteiger partial charge in [0.05, 0.1) is 6.61 Å². The van der Waals surface area contributed by atoms with E-state index >= 15 is 33.6 Å². The first kappa shape index (κ1) is 115. The minimum absolute atomic E-state index is 0.00676. The number of unbranched alkanes of at least 4 members (excludes halogenated alkanes) is 3. The molecule has 2 aromatic carbocycles. The zero-order chi connectivity index (χ0) is 102. The number of hydrogen-bond donors (Lipinski definition) is 20. The lowest BCUT2D eigenvalue weighted by atomic mass is 10.0. The van der Waals surface area contributed by atoms with E-state index in [0.717, 1.165) is 21.6 Å². The Morgan fingerprint density at radius 1 is 0.554 bits per heavy atom. The van der Waals surface area contributed by atoms with E-state index in [1.165, 1.54) is 33.4 Å². The molecule has 2 aromatic rings. The van der Waals surface area contributed by atoms with Gasteiger partial charge in [-0.3, -0.25) is 96.5 Å². The summed E-state index contributed by atoms with van der Waals surface area (Å²) in [4.78, 5) is 281. The SMILES string of the molecule is CCCC[C@@H]1NC(=O)[C@H](CCCNC(=N)N)NC(=O)[C@H](CC(C)C)NC(=O)C(NC(=O)[C@H](Cc2cccc(Cl)c2)NC(=O)[C@@H]2CCCN2C(=O)[C@@H](NC(C)=O)C(C)C)CCSSC[C@@H](C(=O)NC(CCCCN)C(=O)N2CCC[C@H]2C(=O)N2CCC[C@H]2C(=O)N[C@@H](CCC(=O)O)C(N)=O)NC(=O)[C@H](Cc2ccccc2)NC(=O)[C@H](CO)NC(=O)C(C)NC(=O)[C@@H]2CCCN2C(=O)[C@H](CCCC)NC1=O. The van der Waals surface area contributed by atoms with Crippen LogP contribution in [0.1, 0.15) is 214 Å². The molecule has 3 unspecified atom stereocenters.